The standard InChI is InChI=1S/C19H19BrN2O7S/c1-3-29-19(25)13-6-9-16(15(20)10-13)30(26,27)22-14-7-4-12(5-8-14)18(24)21-11-17(23)28-2/h4-10,22H,3,11H2,1-2H3,(H,21,24). The van der Waals surface area contributed by atoms with Crippen molar-refractivity contribution >= 4 is 49.5 Å². The Bertz CT molecular complexity index is 1050. The summed E-state index contributed by atoms with van der Waals surface area (Å²) in [7, 11) is -2.76. The summed E-state index contributed by atoms with van der Waals surface area (Å²) < 4.78 is 37.3. The molecular weight excluding hydrogens is 480 g/mol. The molecule has 0 spiro atoms. The van der Waals surface area contributed by atoms with Crippen molar-refractivity contribution in [2.75, 3.05) is 25.0 Å². The number of nitrogens with one attached hydrogen (secondary N) is 2. The van der Waals surface area contributed by atoms with Crippen LogP contribution in [0.2, 0.25) is 0 Å². The lowest BCUT2D eigenvalue weighted by atomic mass is 10.2. The summed E-state index contributed by atoms with van der Waals surface area (Å²) in [6.07, 6.45) is 0. The molecule has 9 nitrogen and oxygen atoms in total. The SMILES string of the molecule is CCOC(=O)c1ccc(S(=O)(=O)Nc2ccc(C(=O)NCC(=O)OC)cc2)c(Br)c1. The molecule has 2 N–H and O–H groups in total. The molecule has 2 aromatic rings. The third-order valence-electron chi connectivity index (χ3n) is 3.75. The van der Waals surface area contributed by atoms with Crippen LogP contribution in [0.25, 0.3) is 0 Å². The van der Waals surface area contributed by atoms with Gasteiger partial charge in [-0.25, -0.2) is 13.2 Å². The maximum atomic E-state index is 12.7. The highest BCUT2D eigenvalue weighted by Crippen LogP contribution is 2.26. The van der Waals surface area contributed by atoms with E-state index in [1.165, 1.54) is 49.6 Å². The Kier molecular flexibility index (Phi) is 7.95. The molecule has 0 heterocycles. The summed E-state index contributed by atoms with van der Waals surface area (Å²) >= 11 is 3.16. The van der Waals surface area contributed by atoms with E-state index in [0.29, 0.717) is 0 Å². The largest absolute Gasteiger partial charge is 0.468 e. The quantitative estimate of drug-likeness (QED) is 0.534. The topological polar surface area (TPSA) is 128 Å². The molecule has 1 amide bonds. The Hall–Kier alpha value is -2.92. The van der Waals surface area contributed by atoms with Crippen LogP contribution in [0, 0.1) is 0 Å². The van der Waals surface area contributed by atoms with Gasteiger partial charge in [0, 0.05) is 15.7 Å². The van der Waals surface area contributed by atoms with Crippen LogP contribution >= 0.6 is 15.9 Å². The van der Waals surface area contributed by atoms with Gasteiger partial charge in [0.05, 0.1) is 19.3 Å². The number of carbonyl (C=O) groups is 3. The van der Waals surface area contributed by atoms with Crippen LogP contribution in [0.3, 0.4) is 0 Å². The Labute approximate surface area is 181 Å². The minimum Gasteiger partial charge on any atom is -0.468 e. The summed E-state index contributed by atoms with van der Waals surface area (Å²) in [5, 5.41) is 2.38. The van der Waals surface area contributed by atoms with E-state index in [4.69, 9.17) is 4.74 Å². The van der Waals surface area contributed by atoms with Crippen molar-refractivity contribution in [1.29, 1.82) is 0 Å². The number of carbonyl (C=O) groups excluding carboxylic acids is 3. The van der Waals surface area contributed by atoms with E-state index >= 15 is 0 Å². The van der Waals surface area contributed by atoms with Crippen molar-refractivity contribution in [1.82, 2.24) is 5.32 Å². The van der Waals surface area contributed by atoms with Gasteiger partial charge < -0.3 is 14.8 Å². The molecule has 0 saturated carbocycles. The highest BCUT2D eigenvalue weighted by Gasteiger charge is 2.20. The molecule has 160 valence electrons. The highest BCUT2D eigenvalue weighted by molar-refractivity contribution is 9.10. The van der Waals surface area contributed by atoms with E-state index in [2.05, 4.69) is 30.7 Å². The molecule has 2 aromatic carbocycles. The molecule has 30 heavy (non-hydrogen) atoms. The van der Waals surface area contributed by atoms with Crippen LogP contribution in [0.5, 0.6) is 0 Å². The Morgan fingerprint density at radius 3 is 2.23 bits per heavy atom. The minimum absolute atomic E-state index is 0.0737. The zero-order valence-electron chi connectivity index (χ0n) is 16.1. The van der Waals surface area contributed by atoms with E-state index in [9.17, 15) is 22.8 Å². The van der Waals surface area contributed by atoms with Gasteiger partial charge in [0.15, 0.2) is 0 Å². The zero-order chi connectivity index (χ0) is 22.3. The number of sulfonamides is 1. The van der Waals surface area contributed by atoms with Crippen LogP contribution in [-0.4, -0.2) is 46.5 Å². The number of ether oxygens (including phenoxy) is 2. The second-order valence-electron chi connectivity index (χ2n) is 5.81. The molecule has 0 unspecified atom stereocenters. The van der Waals surface area contributed by atoms with Crippen LogP contribution in [0.4, 0.5) is 5.69 Å². The monoisotopic (exact) mass is 498 g/mol. The van der Waals surface area contributed by atoms with Crippen LogP contribution in [-0.2, 0) is 24.3 Å². The second kappa shape index (κ2) is 10.2. The van der Waals surface area contributed by atoms with Crippen molar-refractivity contribution in [3.8, 4) is 0 Å². The number of amides is 1. The average Bonchev–Trinajstić information content (AvgIpc) is 2.71. The number of rotatable bonds is 8. The molecular formula is C19H19BrN2O7S. The molecule has 0 aromatic heterocycles. The van der Waals surface area contributed by atoms with Gasteiger partial charge in [0.1, 0.15) is 11.4 Å². The number of halogens is 1. The van der Waals surface area contributed by atoms with Crippen molar-refractivity contribution in [2.24, 2.45) is 0 Å². The van der Waals surface area contributed by atoms with Gasteiger partial charge >= 0.3 is 11.9 Å². The number of hydrogen-bond acceptors (Lipinski definition) is 7. The van der Waals surface area contributed by atoms with Crippen molar-refractivity contribution < 1.29 is 32.3 Å². The average molecular weight is 499 g/mol. The molecule has 2 rings (SSSR count). The predicted octanol–water partition coefficient (Wildman–Crippen LogP) is 2.33. The lowest BCUT2D eigenvalue weighted by Gasteiger charge is -2.11. The number of anilines is 1. The molecule has 0 bridgehead atoms. The normalized spacial score (nSPS) is 10.8. The van der Waals surface area contributed by atoms with Crippen molar-refractivity contribution in [2.45, 2.75) is 11.8 Å². The Morgan fingerprint density at radius 1 is 1.03 bits per heavy atom. The van der Waals surface area contributed by atoms with Gasteiger partial charge in [-0.2, -0.15) is 0 Å². The molecule has 0 aliphatic rings. The van der Waals surface area contributed by atoms with Crippen LogP contribution in [0.1, 0.15) is 27.6 Å². The van der Waals surface area contributed by atoms with E-state index in [1.807, 2.05) is 0 Å². The van der Waals surface area contributed by atoms with Crippen LogP contribution in [0.15, 0.2) is 51.8 Å². The molecule has 0 saturated heterocycles. The Balaban J connectivity index is 2.12. The first-order valence-corrected chi connectivity index (χ1v) is 10.9. The number of benzene rings is 2. The molecule has 11 heteroatoms. The molecule has 0 fully saturated rings. The van der Waals surface area contributed by atoms with Gasteiger partial charge in [0.25, 0.3) is 15.9 Å². The lowest BCUT2D eigenvalue weighted by Crippen LogP contribution is -2.30. The van der Waals surface area contributed by atoms with E-state index in [0.717, 1.165) is 0 Å². The maximum absolute atomic E-state index is 12.7. The summed E-state index contributed by atoms with van der Waals surface area (Å²) in [5.41, 5.74) is 0.674. The Morgan fingerprint density at radius 2 is 1.67 bits per heavy atom. The second-order valence-corrected chi connectivity index (χ2v) is 8.31. The smallest absolute Gasteiger partial charge is 0.338 e. The third kappa shape index (κ3) is 6.04. The fourth-order valence-electron chi connectivity index (χ4n) is 2.29. The summed E-state index contributed by atoms with van der Waals surface area (Å²) in [6, 6.07) is 9.63. The van der Waals surface area contributed by atoms with Gasteiger partial charge in [-0.05, 0) is 65.3 Å². The molecule has 0 aliphatic carbocycles. The summed E-state index contributed by atoms with van der Waals surface area (Å²) in [5.74, 6) is -1.66. The first kappa shape index (κ1) is 23.4. The third-order valence-corrected chi connectivity index (χ3v) is 6.11. The van der Waals surface area contributed by atoms with Gasteiger partial charge in [-0.3, -0.25) is 14.3 Å². The highest BCUT2D eigenvalue weighted by atomic mass is 79.9. The number of methoxy groups -OCH3 is 1. The first-order chi connectivity index (χ1) is 14.2. The van der Waals surface area contributed by atoms with E-state index < -0.39 is 27.9 Å². The van der Waals surface area contributed by atoms with Crippen LogP contribution < -0.4 is 10.0 Å². The van der Waals surface area contributed by atoms with Gasteiger partial charge in [-0.1, -0.05) is 0 Å². The number of esters is 2. The zero-order valence-corrected chi connectivity index (χ0v) is 18.5. The van der Waals surface area contributed by atoms with Gasteiger partial charge in [0.2, 0.25) is 0 Å². The van der Waals surface area contributed by atoms with E-state index in [-0.39, 0.29) is 39.3 Å². The molecule has 0 atom stereocenters. The molecule has 0 aliphatic heterocycles. The fourth-order valence-corrected chi connectivity index (χ4v) is 4.42. The number of hydrogen-bond donors (Lipinski definition) is 2. The van der Waals surface area contributed by atoms with Crippen molar-refractivity contribution in [3.63, 3.8) is 0 Å². The minimum atomic E-state index is -3.97. The predicted molar refractivity (Wildman–Crippen MR) is 112 cm³/mol. The fraction of sp³-hybridized carbons (Fsp3) is 0.211. The lowest BCUT2D eigenvalue weighted by molar-refractivity contribution is -0.139. The van der Waals surface area contributed by atoms with Gasteiger partial charge in [-0.15, -0.1) is 0 Å². The molecule has 0 radical (unpaired) electrons. The maximum Gasteiger partial charge on any atom is 0.338 e. The van der Waals surface area contributed by atoms with E-state index in [1.54, 1.807) is 6.92 Å². The first-order valence-electron chi connectivity index (χ1n) is 8.62. The summed E-state index contributed by atoms with van der Waals surface area (Å²) in [6.45, 7) is 1.60. The van der Waals surface area contributed by atoms with Crippen molar-refractivity contribution in [3.05, 3.63) is 58.1 Å². The summed E-state index contributed by atoms with van der Waals surface area (Å²) in [4.78, 5) is 34.7.